The lowest BCUT2D eigenvalue weighted by atomic mass is 10.1. The number of hydrogen-bond acceptors (Lipinski definition) is 5. The van der Waals surface area contributed by atoms with E-state index in [2.05, 4.69) is 15.3 Å². The van der Waals surface area contributed by atoms with Crippen LogP contribution in [0.3, 0.4) is 0 Å². The van der Waals surface area contributed by atoms with E-state index in [0.717, 1.165) is 22.7 Å². The lowest BCUT2D eigenvalue weighted by Crippen LogP contribution is -1.97. The summed E-state index contributed by atoms with van der Waals surface area (Å²) in [4.78, 5) is 8.68. The van der Waals surface area contributed by atoms with Gasteiger partial charge in [0.25, 0.3) is 0 Å². The van der Waals surface area contributed by atoms with E-state index in [1.807, 2.05) is 42.0 Å². The van der Waals surface area contributed by atoms with Gasteiger partial charge in [-0.25, -0.2) is 9.97 Å². The van der Waals surface area contributed by atoms with Gasteiger partial charge in [-0.15, -0.1) is 0 Å². The molecule has 0 fully saturated rings. The molecule has 3 aromatic rings. The Balaban J connectivity index is 2.17. The third kappa shape index (κ3) is 2.14. The molecule has 0 bridgehead atoms. The molecule has 1 aromatic carbocycles. The minimum Gasteiger partial charge on any atom is -0.493 e. The van der Waals surface area contributed by atoms with Crippen LogP contribution in [0, 0.1) is 0 Å². The summed E-state index contributed by atoms with van der Waals surface area (Å²) in [5, 5.41) is 3.04. The average molecular weight is 284 g/mol. The highest BCUT2D eigenvalue weighted by Crippen LogP contribution is 2.32. The predicted molar refractivity (Wildman–Crippen MR) is 81.1 cm³/mol. The SMILES string of the molecule is CNc1nccn2c(-c3ccc(OC)c(OC)c3)cnc12. The highest BCUT2D eigenvalue weighted by atomic mass is 16.5. The maximum Gasteiger partial charge on any atom is 0.180 e. The molecule has 108 valence electrons. The van der Waals surface area contributed by atoms with Crippen LogP contribution >= 0.6 is 0 Å². The van der Waals surface area contributed by atoms with Gasteiger partial charge in [0.05, 0.1) is 26.1 Å². The van der Waals surface area contributed by atoms with E-state index in [1.165, 1.54) is 0 Å². The number of aromatic nitrogens is 3. The first-order chi connectivity index (χ1) is 10.3. The zero-order chi connectivity index (χ0) is 14.8. The minimum atomic E-state index is 0.688. The molecule has 0 amide bonds. The Morgan fingerprint density at radius 1 is 1.10 bits per heavy atom. The Hall–Kier alpha value is -2.76. The Labute approximate surface area is 122 Å². The van der Waals surface area contributed by atoms with Crippen molar-refractivity contribution < 1.29 is 9.47 Å². The second-order valence-electron chi connectivity index (χ2n) is 4.43. The number of fused-ring (bicyclic) bond motifs is 1. The van der Waals surface area contributed by atoms with Crippen LogP contribution in [0.15, 0.2) is 36.8 Å². The van der Waals surface area contributed by atoms with Crippen LogP contribution in [0.25, 0.3) is 16.9 Å². The molecule has 6 nitrogen and oxygen atoms in total. The number of rotatable bonds is 4. The number of nitrogens with one attached hydrogen (secondary N) is 1. The first kappa shape index (κ1) is 13.2. The fourth-order valence-corrected chi connectivity index (χ4v) is 2.30. The second kappa shape index (κ2) is 5.32. The van der Waals surface area contributed by atoms with Gasteiger partial charge >= 0.3 is 0 Å². The summed E-state index contributed by atoms with van der Waals surface area (Å²) in [6, 6.07) is 5.79. The number of ether oxygens (including phenoxy) is 2. The summed E-state index contributed by atoms with van der Waals surface area (Å²) in [5.41, 5.74) is 2.74. The number of benzene rings is 1. The zero-order valence-corrected chi connectivity index (χ0v) is 12.1. The molecular weight excluding hydrogens is 268 g/mol. The van der Waals surface area contributed by atoms with Crippen LogP contribution in [0.4, 0.5) is 5.82 Å². The van der Waals surface area contributed by atoms with E-state index in [0.29, 0.717) is 11.5 Å². The number of nitrogens with zero attached hydrogens (tertiary/aromatic N) is 3. The molecule has 0 atom stereocenters. The Morgan fingerprint density at radius 2 is 1.90 bits per heavy atom. The normalized spacial score (nSPS) is 10.6. The molecule has 6 heteroatoms. The molecular formula is C15H16N4O2. The maximum atomic E-state index is 5.35. The van der Waals surface area contributed by atoms with Gasteiger partial charge in [0.15, 0.2) is 23.0 Å². The van der Waals surface area contributed by atoms with Crippen molar-refractivity contribution in [1.82, 2.24) is 14.4 Å². The van der Waals surface area contributed by atoms with Crippen molar-refractivity contribution in [1.29, 1.82) is 0 Å². The molecule has 0 saturated carbocycles. The molecule has 3 rings (SSSR count). The largest absolute Gasteiger partial charge is 0.493 e. The molecule has 21 heavy (non-hydrogen) atoms. The molecule has 2 heterocycles. The van der Waals surface area contributed by atoms with Gasteiger partial charge in [0.2, 0.25) is 0 Å². The van der Waals surface area contributed by atoms with E-state index < -0.39 is 0 Å². The summed E-state index contributed by atoms with van der Waals surface area (Å²) in [6.45, 7) is 0. The molecule has 0 aliphatic carbocycles. The highest BCUT2D eigenvalue weighted by molar-refractivity contribution is 5.71. The molecule has 0 aliphatic rings. The first-order valence-electron chi connectivity index (χ1n) is 6.50. The van der Waals surface area contributed by atoms with Crippen LogP contribution in [0.5, 0.6) is 11.5 Å². The molecule has 0 spiro atoms. The lowest BCUT2D eigenvalue weighted by molar-refractivity contribution is 0.355. The van der Waals surface area contributed by atoms with Crippen molar-refractivity contribution in [3.8, 4) is 22.8 Å². The quantitative estimate of drug-likeness (QED) is 0.797. The summed E-state index contributed by atoms with van der Waals surface area (Å²) in [5.74, 6) is 2.13. The molecule has 2 aromatic heterocycles. The fraction of sp³-hybridized carbons (Fsp3) is 0.200. The third-order valence-electron chi connectivity index (χ3n) is 3.34. The number of imidazole rings is 1. The van der Waals surface area contributed by atoms with Crippen molar-refractivity contribution >= 4 is 11.5 Å². The second-order valence-corrected chi connectivity index (χ2v) is 4.43. The van der Waals surface area contributed by atoms with Crippen LogP contribution < -0.4 is 14.8 Å². The Bertz CT molecular complexity index is 782. The van der Waals surface area contributed by atoms with Crippen molar-refractivity contribution in [2.24, 2.45) is 0 Å². The average Bonchev–Trinajstić information content (AvgIpc) is 2.98. The Kier molecular flexibility index (Phi) is 3.35. The Morgan fingerprint density at radius 3 is 2.62 bits per heavy atom. The van der Waals surface area contributed by atoms with E-state index >= 15 is 0 Å². The fourth-order valence-electron chi connectivity index (χ4n) is 2.30. The monoisotopic (exact) mass is 284 g/mol. The van der Waals surface area contributed by atoms with Gasteiger partial charge < -0.3 is 14.8 Å². The first-order valence-corrected chi connectivity index (χ1v) is 6.50. The van der Waals surface area contributed by atoms with Gasteiger partial charge in [-0.1, -0.05) is 0 Å². The summed E-state index contributed by atoms with van der Waals surface area (Å²) in [6.07, 6.45) is 5.44. The molecule has 0 aliphatic heterocycles. The van der Waals surface area contributed by atoms with Crippen molar-refractivity contribution in [2.75, 3.05) is 26.6 Å². The van der Waals surface area contributed by atoms with E-state index in [9.17, 15) is 0 Å². The summed E-state index contributed by atoms with van der Waals surface area (Å²) in [7, 11) is 5.07. The maximum absolute atomic E-state index is 5.35. The number of anilines is 1. The van der Waals surface area contributed by atoms with Crippen LogP contribution in [0.1, 0.15) is 0 Å². The van der Waals surface area contributed by atoms with Gasteiger partial charge in [-0.3, -0.25) is 4.40 Å². The molecule has 0 saturated heterocycles. The van der Waals surface area contributed by atoms with Crippen molar-refractivity contribution in [3.63, 3.8) is 0 Å². The van der Waals surface area contributed by atoms with E-state index in [4.69, 9.17) is 9.47 Å². The molecule has 0 unspecified atom stereocenters. The van der Waals surface area contributed by atoms with Crippen molar-refractivity contribution in [3.05, 3.63) is 36.8 Å². The highest BCUT2D eigenvalue weighted by Gasteiger charge is 2.12. The minimum absolute atomic E-state index is 0.688. The third-order valence-corrected chi connectivity index (χ3v) is 3.34. The topological polar surface area (TPSA) is 60.7 Å². The van der Waals surface area contributed by atoms with Crippen LogP contribution in [-0.2, 0) is 0 Å². The zero-order valence-electron chi connectivity index (χ0n) is 12.1. The standard InChI is InChI=1S/C15H16N4O2/c1-16-14-15-18-9-11(19(15)7-6-17-14)10-4-5-12(20-2)13(8-10)21-3/h4-9H,1-3H3,(H,16,17). The van der Waals surface area contributed by atoms with Crippen LogP contribution in [-0.4, -0.2) is 35.6 Å². The summed E-state index contributed by atoms with van der Waals surface area (Å²) >= 11 is 0. The van der Waals surface area contributed by atoms with Gasteiger partial charge in [0.1, 0.15) is 0 Å². The van der Waals surface area contributed by atoms with E-state index in [-0.39, 0.29) is 0 Å². The summed E-state index contributed by atoms with van der Waals surface area (Å²) < 4.78 is 12.6. The van der Waals surface area contributed by atoms with Crippen molar-refractivity contribution in [2.45, 2.75) is 0 Å². The van der Waals surface area contributed by atoms with Gasteiger partial charge in [-0.2, -0.15) is 0 Å². The molecule has 0 radical (unpaired) electrons. The number of hydrogen-bond donors (Lipinski definition) is 1. The van der Waals surface area contributed by atoms with Crippen LogP contribution in [0.2, 0.25) is 0 Å². The van der Waals surface area contributed by atoms with E-state index in [1.54, 1.807) is 20.4 Å². The molecule has 1 N–H and O–H groups in total. The number of methoxy groups -OCH3 is 2. The smallest absolute Gasteiger partial charge is 0.180 e. The predicted octanol–water partition coefficient (Wildman–Crippen LogP) is 2.46. The van der Waals surface area contributed by atoms with Gasteiger partial charge in [-0.05, 0) is 18.2 Å². The lowest BCUT2D eigenvalue weighted by Gasteiger charge is -2.09. The van der Waals surface area contributed by atoms with Gasteiger partial charge in [0, 0.05) is 25.0 Å².